The number of fused-ring (bicyclic) bond motifs is 1. The third-order valence-corrected chi connectivity index (χ3v) is 2.05. The van der Waals surface area contributed by atoms with Crippen molar-refractivity contribution < 1.29 is 0 Å². The molecule has 0 saturated heterocycles. The highest BCUT2D eigenvalue weighted by Gasteiger charge is 1.93. The van der Waals surface area contributed by atoms with Crippen LogP contribution in [-0.4, -0.2) is 11.0 Å². The molecule has 15 heavy (non-hydrogen) atoms. The molecule has 1 aromatic heterocycles. The Kier molecular flexibility index (Phi) is 2.66. The molecule has 0 spiro atoms. The summed E-state index contributed by atoms with van der Waals surface area (Å²) in [5, 5.41) is 1.11. The van der Waals surface area contributed by atoms with Crippen molar-refractivity contribution in [2.75, 3.05) is 0 Å². The average Bonchev–Trinajstić information content (AvgIpc) is 2.26. The fourth-order valence-corrected chi connectivity index (χ4v) is 1.35. The molecule has 2 aromatic rings. The zero-order valence-electron chi connectivity index (χ0n) is 8.57. The lowest BCUT2D eigenvalue weighted by molar-refractivity contribution is 0.959. The number of nitrogens with zero attached hydrogens (tertiary/aromatic N) is 1. The molecule has 2 N–H and O–H groups in total. The molecule has 1 heterocycles. The van der Waals surface area contributed by atoms with Crippen LogP contribution in [0.25, 0.3) is 10.9 Å². The second kappa shape index (κ2) is 4.12. The molecular formula is C13H12N2. The summed E-state index contributed by atoms with van der Waals surface area (Å²) in [7, 11) is 0. The minimum absolute atomic E-state index is 0.0883. The lowest BCUT2D eigenvalue weighted by Crippen LogP contribution is -2.10. The molecule has 2 rings (SSSR count). The van der Waals surface area contributed by atoms with E-state index in [0.717, 1.165) is 16.5 Å². The topological polar surface area (TPSA) is 38.9 Å². The summed E-state index contributed by atoms with van der Waals surface area (Å²) in [5.41, 5.74) is 7.54. The third kappa shape index (κ3) is 2.34. The lowest BCUT2D eigenvalue weighted by Gasteiger charge is -1.96. The maximum absolute atomic E-state index is 5.57. The van der Waals surface area contributed by atoms with Crippen molar-refractivity contribution in [2.24, 2.45) is 5.73 Å². The fraction of sp³-hybridized carbons (Fsp3) is 0.154. The molecule has 0 radical (unpaired) electrons. The Bertz CT molecular complexity index is 533. The van der Waals surface area contributed by atoms with Crippen molar-refractivity contribution in [1.82, 2.24) is 4.98 Å². The van der Waals surface area contributed by atoms with Gasteiger partial charge in [-0.2, -0.15) is 0 Å². The van der Waals surface area contributed by atoms with Crippen molar-refractivity contribution in [3.63, 3.8) is 0 Å². The molecular weight excluding hydrogens is 184 g/mol. The van der Waals surface area contributed by atoms with Crippen LogP contribution >= 0.6 is 0 Å². The van der Waals surface area contributed by atoms with Gasteiger partial charge in [-0.3, -0.25) is 4.98 Å². The van der Waals surface area contributed by atoms with E-state index >= 15 is 0 Å². The first kappa shape index (κ1) is 9.70. The molecule has 0 saturated carbocycles. The summed E-state index contributed by atoms with van der Waals surface area (Å²) in [4.78, 5) is 4.24. The van der Waals surface area contributed by atoms with Crippen LogP contribution in [-0.2, 0) is 0 Å². The molecule has 2 nitrogen and oxygen atoms in total. The van der Waals surface area contributed by atoms with Gasteiger partial charge in [-0.05, 0) is 31.2 Å². The Balaban J connectivity index is 2.44. The van der Waals surface area contributed by atoms with E-state index < -0.39 is 0 Å². The highest BCUT2D eigenvalue weighted by atomic mass is 14.6. The van der Waals surface area contributed by atoms with Gasteiger partial charge in [0.15, 0.2) is 0 Å². The molecule has 1 unspecified atom stereocenters. The summed E-state index contributed by atoms with van der Waals surface area (Å²) in [6, 6.07) is 9.82. The van der Waals surface area contributed by atoms with Crippen LogP contribution < -0.4 is 5.73 Å². The van der Waals surface area contributed by atoms with E-state index in [2.05, 4.69) is 16.8 Å². The van der Waals surface area contributed by atoms with Crippen LogP contribution in [0.4, 0.5) is 0 Å². The van der Waals surface area contributed by atoms with E-state index in [9.17, 15) is 0 Å². The number of hydrogen-bond donors (Lipinski definition) is 1. The molecule has 74 valence electrons. The number of nitrogens with two attached hydrogens (primary N) is 1. The van der Waals surface area contributed by atoms with Crippen LogP contribution in [0.1, 0.15) is 12.5 Å². The predicted octanol–water partition coefficient (Wildman–Crippen LogP) is 1.93. The van der Waals surface area contributed by atoms with Gasteiger partial charge in [-0.25, -0.2) is 0 Å². The normalized spacial score (nSPS) is 11.9. The van der Waals surface area contributed by atoms with Crippen LogP contribution in [0, 0.1) is 11.8 Å². The predicted molar refractivity (Wildman–Crippen MR) is 62.3 cm³/mol. The summed E-state index contributed by atoms with van der Waals surface area (Å²) in [5.74, 6) is 5.97. The van der Waals surface area contributed by atoms with Crippen molar-refractivity contribution >= 4 is 10.9 Å². The summed E-state index contributed by atoms with van der Waals surface area (Å²) >= 11 is 0. The van der Waals surface area contributed by atoms with Gasteiger partial charge < -0.3 is 5.73 Å². The van der Waals surface area contributed by atoms with Gasteiger partial charge in [0.25, 0.3) is 0 Å². The maximum atomic E-state index is 5.57. The number of benzene rings is 1. The summed E-state index contributed by atoms with van der Waals surface area (Å²) in [6.45, 7) is 1.87. The molecule has 0 aliphatic heterocycles. The molecule has 0 amide bonds. The largest absolute Gasteiger partial charge is 0.318 e. The second-order valence-electron chi connectivity index (χ2n) is 3.47. The van der Waals surface area contributed by atoms with Gasteiger partial charge >= 0.3 is 0 Å². The van der Waals surface area contributed by atoms with Gasteiger partial charge in [0, 0.05) is 17.1 Å². The standard InChI is InChI=1S/C13H12N2/c1-10(14)4-5-11-6-7-13-12(9-11)3-2-8-15-13/h2-3,6-10H,14H2,1H3. The Morgan fingerprint density at radius 3 is 3.00 bits per heavy atom. The Hall–Kier alpha value is -1.85. The fourth-order valence-electron chi connectivity index (χ4n) is 1.35. The number of rotatable bonds is 0. The zero-order chi connectivity index (χ0) is 10.7. The smallest absolute Gasteiger partial charge is 0.0702 e. The van der Waals surface area contributed by atoms with Gasteiger partial charge in [-0.15, -0.1) is 0 Å². The third-order valence-electron chi connectivity index (χ3n) is 2.05. The van der Waals surface area contributed by atoms with Crippen molar-refractivity contribution in [3.8, 4) is 11.8 Å². The van der Waals surface area contributed by atoms with Crippen LogP contribution in [0.15, 0.2) is 36.5 Å². The first-order chi connectivity index (χ1) is 7.25. The second-order valence-corrected chi connectivity index (χ2v) is 3.47. The van der Waals surface area contributed by atoms with E-state index in [-0.39, 0.29) is 6.04 Å². The molecule has 0 bridgehead atoms. The quantitative estimate of drug-likeness (QED) is 0.654. The van der Waals surface area contributed by atoms with Gasteiger partial charge in [0.05, 0.1) is 11.6 Å². The Labute approximate surface area is 89.1 Å². The SMILES string of the molecule is CC(N)C#Cc1ccc2ncccc2c1. The highest BCUT2D eigenvalue weighted by Crippen LogP contribution is 2.12. The molecule has 0 aliphatic rings. The monoisotopic (exact) mass is 196 g/mol. The van der Waals surface area contributed by atoms with Crippen LogP contribution in [0.5, 0.6) is 0 Å². The average molecular weight is 196 g/mol. The van der Waals surface area contributed by atoms with Crippen molar-refractivity contribution in [2.45, 2.75) is 13.0 Å². The van der Waals surface area contributed by atoms with E-state index in [4.69, 9.17) is 5.73 Å². The summed E-state index contributed by atoms with van der Waals surface area (Å²) < 4.78 is 0. The minimum atomic E-state index is -0.0883. The molecule has 0 aliphatic carbocycles. The molecule has 1 atom stereocenters. The van der Waals surface area contributed by atoms with Gasteiger partial charge in [0.1, 0.15) is 0 Å². The van der Waals surface area contributed by atoms with E-state index in [0.29, 0.717) is 0 Å². The van der Waals surface area contributed by atoms with Crippen molar-refractivity contribution in [1.29, 1.82) is 0 Å². The summed E-state index contributed by atoms with van der Waals surface area (Å²) in [6.07, 6.45) is 1.79. The maximum Gasteiger partial charge on any atom is 0.0702 e. The van der Waals surface area contributed by atoms with Gasteiger partial charge in [-0.1, -0.05) is 17.9 Å². The van der Waals surface area contributed by atoms with Crippen LogP contribution in [0.3, 0.4) is 0 Å². The van der Waals surface area contributed by atoms with Crippen LogP contribution in [0.2, 0.25) is 0 Å². The molecule has 0 fully saturated rings. The van der Waals surface area contributed by atoms with Gasteiger partial charge in [0.2, 0.25) is 0 Å². The molecule has 2 heteroatoms. The van der Waals surface area contributed by atoms with E-state index in [1.807, 2.05) is 37.3 Å². The minimum Gasteiger partial charge on any atom is -0.318 e. The Morgan fingerprint density at radius 2 is 2.20 bits per heavy atom. The first-order valence-electron chi connectivity index (χ1n) is 4.87. The number of aromatic nitrogens is 1. The zero-order valence-corrected chi connectivity index (χ0v) is 8.57. The van der Waals surface area contributed by atoms with E-state index in [1.54, 1.807) is 6.20 Å². The number of pyridine rings is 1. The van der Waals surface area contributed by atoms with E-state index in [1.165, 1.54) is 0 Å². The Morgan fingerprint density at radius 1 is 1.33 bits per heavy atom. The number of hydrogen-bond acceptors (Lipinski definition) is 2. The first-order valence-corrected chi connectivity index (χ1v) is 4.87. The lowest BCUT2D eigenvalue weighted by atomic mass is 10.1. The highest BCUT2D eigenvalue weighted by molar-refractivity contribution is 5.79. The molecule has 1 aromatic carbocycles. The van der Waals surface area contributed by atoms with Crippen molar-refractivity contribution in [3.05, 3.63) is 42.1 Å².